The summed E-state index contributed by atoms with van der Waals surface area (Å²) in [5, 5.41) is 10.8. The van der Waals surface area contributed by atoms with Crippen LogP contribution in [0.15, 0.2) is 16.6 Å². The molecular formula is C12H15BrN2O3. The largest absolute Gasteiger partial charge is 0.489 e. The summed E-state index contributed by atoms with van der Waals surface area (Å²) in [5.41, 5.74) is 6.52. The van der Waals surface area contributed by atoms with Crippen molar-refractivity contribution in [2.45, 2.75) is 38.3 Å². The smallest absolute Gasteiger partial charge is 0.273 e. The number of aryl methyl sites for hydroxylation is 1. The number of nitro benzene ring substituents is 1. The molecule has 1 aliphatic rings. The summed E-state index contributed by atoms with van der Waals surface area (Å²) in [5.74, 6) is 0.650. The molecule has 0 amide bonds. The Morgan fingerprint density at radius 3 is 2.78 bits per heavy atom. The lowest BCUT2D eigenvalue weighted by molar-refractivity contribution is -0.385. The minimum atomic E-state index is -0.393. The Hall–Kier alpha value is -1.14. The summed E-state index contributed by atoms with van der Waals surface area (Å²) in [4.78, 5) is 10.4. The molecule has 1 aliphatic carbocycles. The van der Waals surface area contributed by atoms with Gasteiger partial charge in [-0.1, -0.05) is 0 Å². The molecule has 1 aromatic carbocycles. The molecule has 2 unspecified atom stereocenters. The Balaban J connectivity index is 2.19. The van der Waals surface area contributed by atoms with Gasteiger partial charge < -0.3 is 10.5 Å². The van der Waals surface area contributed by atoms with Crippen LogP contribution in [0.2, 0.25) is 0 Å². The predicted octanol–water partition coefficient (Wildman–Crippen LogP) is 2.92. The summed E-state index contributed by atoms with van der Waals surface area (Å²) < 4.78 is 6.45. The molecule has 0 saturated heterocycles. The average Bonchev–Trinajstić information content (AvgIpc) is 2.68. The number of halogens is 1. The second kappa shape index (κ2) is 5.24. The van der Waals surface area contributed by atoms with Crippen molar-refractivity contribution in [1.29, 1.82) is 0 Å². The number of hydrogen-bond acceptors (Lipinski definition) is 4. The molecule has 2 N–H and O–H groups in total. The van der Waals surface area contributed by atoms with E-state index in [1.165, 1.54) is 6.07 Å². The first kappa shape index (κ1) is 13.3. The summed E-state index contributed by atoms with van der Waals surface area (Å²) >= 11 is 3.31. The van der Waals surface area contributed by atoms with Crippen molar-refractivity contribution in [3.63, 3.8) is 0 Å². The zero-order chi connectivity index (χ0) is 13.3. The molecule has 98 valence electrons. The van der Waals surface area contributed by atoms with Gasteiger partial charge in [0.05, 0.1) is 9.40 Å². The van der Waals surface area contributed by atoms with E-state index in [1.54, 1.807) is 13.0 Å². The molecule has 1 saturated carbocycles. The molecule has 6 heteroatoms. The molecule has 18 heavy (non-hydrogen) atoms. The topological polar surface area (TPSA) is 78.4 Å². The molecule has 1 fully saturated rings. The van der Waals surface area contributed by atoms with Gasteiger partial charge in [0.15, 0.2) is 0 Å². The molecule has 5 nitrogen and oxygen atoms in total. The van der Waals surface area contributed by atoms with Crippen LogP contribution in [-0.4, -0.2) is 17.1 Å². The highest BCUT2D eigenvalue weighted by molar-refractivity contribution is 9.10. The Morgan fingerprint density at radius 2 is 2.22 bits per heavy atom. The van der Waals surface area contributed by atoms with Gasteiger partial charge in [0.1, 0.15) is 11.9 Å². The Kier molecular flexibility index (Phi) is 3.87. The molecule has 0 aromatic heterocycles. The number of nitrogens with two attached hydrogens (primary N) is 1. The maximum Gasteiger partial charge on any atom is 0.273 e. The van der Waals surface area contributed by atoms with E-state index in [1.807, 2.05) is 0 Å². The minimum Gasteiger partial charge on any atom is -0.489 e. The Bertz CT molecular complexity index is 479. The zero-order valence-electron chi connectivity index (χ0n) is 10.1. The van der Waals surface area contributed by atoms with Gasteiger partial charge in [-0.25, -0.2) is 0 Å². The van der Waals surface area contributed by atoms with E-state index < -0.39 is 4.92 Å². The molecule has 2 rings (SSSR count). The van der Waals surface area contributed by atoms with Crippen LogP contribution in [0, 0.1) is 17.0 Å². The third-order valence-electron chi connectivity index (χ3n) is 3.17. The molecule has 0 heterocycles. The Labute approximate surface area is 114 Å². The highest BCUT2D eigenvalue weighted by atomic mass is 79.9. The standard InChI is InChI=1S/C12H15BrN2O3/c1-7-4-12(10(13)6-11(7)15(16)17)18-9-3-2-8(14)5-9/h4,6,8-9H,2-3,5,14H2,1H3. The number of ether oxygens (including phenoxy) is 1. The maximum absolute atomic E-state index is 10.8. The number of benzene rings is 1. The van der Waals surface area contributed by atoms with Gasteiger partial charge >= 0.3 is 0 Å². The predicted molar refractivity (Wildman–Crippen MR) is 71.8 cm³/mol. The SMILES string of the molecule is Cc1cc(OC2CCC(N)C2)c(Br)cc1[N+](=O)[O-]. The van der Waals surface area contributed by atoms with Gasteiger partial charge in [0, 0.05) is 17.7 Å². The van der Waals surface area contributed by atoms with E-state index in [-0.39, 0.29) is 17.8 Å². The normalized spacial score (nSPS) is 23.1. The summed E-state index contributed by atoms with van der Waals surface area (Å²) in [6.45, 7) is 1.71. The van der Waals surface area contributed by atoms with Gasteiger partial charge in [0.25, 0.3) is 5.69 Å². The lowest BCUT2D eigenvalue weighted by Gasteiger charge is -2.15. The molecule has 0 spiro atoms. The van der Waals surface area contributed by atoms with Crippen molar-refractivity contribution < 1.29 is 9.66 Å². The third kappa shape index (κ3) is 2.81. The van der Waals surface area contributed by atoms with Crippen LogP contribution < -0.4 is 10.5 Å². The number of rotatable bonds is 3. The van der Waals surface area contributed by atoms with E-state index in [9.17, 15) is 10.1 Å². The van der Waals surface area contributed by atoms with Crippen molar-refractivity contribution in [3.05, 3.63) is 32.3 Å². The first-order valence-corrected chi connectivity index (χ1v) is 6.63. The first-order valence-electron chi connectivity index (χ1n) is 5.84. The fraction of sp³-hybridized carbons (Fsp3) is 0.500. The molecule has 2 atom stereocenters. The lowest BCUT2D eigenvalue weighted by atomic mass is 10.2. The van der Waals surface area contributed by atoms with Gasteiger partial charge in [-0.2, -0.15) is 0 Å². The highest BCUT2D eigenvalue weighted by Gasteiger charge is 2.24. The van der Waals surface area contributed by atoms with Crippen molar-refractivity contribution in [3.8, 4) is 5.75 Å². The zero-order valence-corrected chi connectivity index (χ0v) is 11.6. The van der Waals surface area contributed by atoms with Crippen LogP contribution in [0.5, 0.6) is 5.75 Å². The minimum absolute atomic E-state index is 0.0948. The third-order valence-corrected chi connectivity index (χ3v) is 3.79. The second-order valence-corrected chi connectivity index (χ2v) is 5.49. The highest BCUT2D eigenvalue weighted by Crippen LogP contribution is 2.34. The first-order chi connectivity index (χ1) is 8.47. The maximum atomic E-state index is 10.8. The van der Waals surface area contributed by atoms with E-state index in [2.05, 4.69) is 15.9 Å². The number of nitrogens with zero attached hydrogens (tertiary/aromatic N) is 1. The van der Waals surface area contributed by atoms with Crippen molar-refractivity contribution in [1.82, 2.24) is 0 Å². The molecule has 0 aliphatic heterocycles. The van der Waals surface area contributed by atoms with Crippen molar-refractivity contribution >= 4 is 21.6 Å². The van der Waals surface area contributed by atoms with E-state index in [0.717, 1.165) is 19.3 Å². The van der Waals surface area contributed by atoms with Gasteiger partial charge in [-0.15, -0.1) is 0 Å². The van der Waals surface area contributed by atoms with Gasteiger partial charge in [-0.05, 0) is 48.2 Å². The molecule has 0 bridgehead atoms. The monoisotopic (exact) mass is 314 g/mol. The van der Waals surface area contributed by atoms with Crippen LogP contribution in [0.4, 0.5) is 5.69 Å². The van der Waals surface area contributed by atoms with Crippen molar-refractivity contribution in [2.75, 3.05) is 0 Å². The number of nitro groups is 1. The molecule has 1 aromatic rings. The van der Waals surface area contributed by atoms with Crippen LogP contribution >= 0.6 is 15.9 Å². The van der Waals surface area contributed by atoms with E-state index in [0.29, 0.717) is 15.8 Å². The lowest BCUT2D eigenvalue weighted by Crippen LogP contribution is -2.19. The summed E-state index contributed by atoms with van der Waals surface area (Å²) in [7, 11) is 0. The van der Waals surface area contributed by atoms with Crippen LogP contribution in [0.1, 0.15) is 24.8 Å². The fourth-order valence-corrected chi connectivity index (χ4v) is 2.62. The quantitative estimate of drug-likeness (QED) is 0.687. The van der Waals surface area contributed by atoms with Crippen molar-refractivity contribution in [2.24, 2.45) is 5.73 Å². The number of hydrogen-bond donors (Lipinski definition) is 1. The second-order valence-electron chi connectivity index (χ2n) is 4.64. The summed E-state index contributed by atoms with van der Waals surface area (Å²) in [6, 6.07) is 3.39. The Morgan fingerprint density at radius 1 is 1.50 bits per heavy atom. The van der Waals surface area contributed by atoms with Gasteiger partial charge in [0.2, 0.25) is 0 Å². The fourth-order valence-electron chi connectivity index (χ4n) is 2.19. The molecular weight excluding hydrogens is 300 g/mol. The van der Waals surface area contributed by atoms with Crippen LogP contribution in [0.25, 0.3) is 0 Å². The van der Waals surface area contributed by atoms with Crippen LogP contribution in [-0.2, 0) is 0 Å². The van der Waals surface area contributed by atoms with E-state index >= 15 is 0 Å². The van der Waals surface area contributed by atoms with Crippen LogP contribution in [0.3, 0.4) is 0 Å². The molecule has 0 radical (unpaired) electrons. The van der Waals surface area contributed by atoms with E-state index in [4.69, 9.17) is 10.5 Å². The van der Waals surface area contributed by atoms with Gasteiger partial charge in [-0.3, -0.25) is 10.1 Å². The average molecular weight is 315 g/mol. The summed E-state index contributed by atoms with van der Waals surface area (Å²) in [6.07, 6.45) is 2.84.